The second kappa shape index (κ2) is 6.69. The molecular weight excluding hydrogens is 274 g/mol. The van der Waals surface area contributed by atoms with E-state index in [0.29, 0.717) is 24.7 Å². The first-order chi connectivity index (χ1) is 10.1. The minimum absolute atomic E-state index is 0.0677. The fourth-order valence-electron chi connectivity index (χ4n) is 1.82. The van der Waals surface area contributed by atoms with Gasteiger partial charge >= 0.3 is 5.69 Å². The molecule has 0 amide bonds. The molecule has 1 aromatic heterocycles. The van der Waals surface area contributed by atoms with E-state index in [-0.39, 0.29) is 11.4 Å². The Bertz CT molecular complexity index is 626. The molecule has 2 rings (SSSR count). The van der Waals surface area contributed by atoms with Crippen LogP contribution in [0.15, 0.2) is 24.5 Å². The molecule has 0 aliphatic heterocycles. The molecule has 0 radical (unpaired) electrons. The second-order valence-electron chi connectivity index (χ2n) is 4.45. The number of nitro groups is 1. The fourth-order valence-corrected chi connectivity index (χ4v) is 1.82. The van der Waals surface area contributed by atoms with E-state index in [2.05, 4.69) is 15.4 Å². The summed E-state index contributed by atoms with van der Waals surface area (Å²) in [5, 5.41) is 18.4. The lowest BCUT2D eigenvalue weighted by atomic mass is 10.2. The van der Waals surface area contributed by atoms with Gasteiger partial charge in [0.05, 0.1) is 18.1 Å². The zero-order chi connectivity index (χ0) is 15.2. The maximum atomic E-state index is 11.3. The average molecular weight is 291 g/mol. The van der Waals surface area contributed by atoms with Crippen LogP contribution in [-0.4, -0.2) is 26.3 Å². The van der Waals surface area contributed by atoms with Crippen molar-refractivity contribution in [3.8, 4) is 5.75 Å². The highest BCUT2D eigenvalue weighted by Crippen LogP contribution is 2.34. The minimum Gasteiger partial charge on any atom is -0.487 e. The highest BCUT2D eigenvalue weighted by molar-refractivity contribution is 5.68. The summed E-state index contributed by atoms with van der Waals surface area (Å²) in [6.45, 7) is 2.69. The van der Waals surface area contributed by atoms with Gasteiger partial charge in [-0.2, -0.15) is 5.10 Å². The number of hydrogen-bond donors (Lipinski definition) is 1. The van der Waals surface area contributed by atoms with Gasteiger partial charge in [-0.25, -0.2) is 4.98 Å². The van der Waals surface area contributed by atoms with Crippen LogP contribution in [0.4, 0.5) is 11.4 Å². The van der Waals surface area contributed by atoms with E-state index in [1.807, 2.05) is 6.92 Å². The molecule has 112 valence electrons. The lowest BCUT2D eigenvalue weighted by Crippen LogP contribution is -2.06. The summed E-state index contributed by atoms with van der Waals surface area (Å²) < 4.78 is 7.00. The normalized spacial score (nSPS) is 10.4. The van der Waals surface area contributed by atoms with Gasteiger partial charge in [0.2, 0.25) is 0 Å². The van der Waals surface area contributed by atoms with Crippen molar-refractivity contribution in [3.05, 3.63) is 40.5 Å². The van der Waals surface area contributed by atoms with Crippen LogP contribution in [-0.2, 0) is 13.6 Å². The molecule has 2 aromatic rings. The molecule has 0 saturated heterocycles. The number of benzene rings is 1. The maximum Gasteiger partial charge on any atom is 0.333 e. The predicted molar refractivity (Wildman–Crippen MR) is 77.2 cm³/mol. The van der Waals surface area contributed by atoms with Gasteiger partial charge < -0.3 is 10.1 Å². The first-order valence-corrected chi connectivity index (χ1v) is 6.60. The highest BCUT2D eigenvalue weighted by Gasteiger charge is 2.21. The van der Waals surface area contributed by atoms with Gasteiger partial charge in [-0.15, -0.1) is 0 Å². The SMILES string of the molecule is CCCOc1cccc(NCc2ncn(C)n2)c1[N+](=O)[O-]. The Hall–Kier alpha value is -2.64. The summed E-state index contributed by atoms with van der Waals surface area (Å²) in [4.78, 5) is 14.9. The number of hydrogen-bond acceptors (Lipinski definition) is 6. The third-order valence-corrected chi connectivity index (χ3v) is 2.73. The Morgan fingerprint density at radius 2 is 2.29 bits per heavy atom. The largest absolute Gasteiger partial charge is 0.487 e. The first-order valence-electron chi connectivity index (χ1n) is 6.60. The molecule has 8 nitrogen and oxygen atoms in total. The van der Waals surface area contributed by atoms with Gasteiger partial charge in [-0.1, -0.05) is 13.0 Å². The zero-order valence-corrected chi connectivity index (χ0v) is 11.9. The summed E-state index contributed by atoms with van der Waals surface area (Å²) in [6.07, 6.45) is 2.36. The van der Waals surface area contributed by atoms with Crippen LogP contribution >= 0.6 is 0 Å². The minimum atomic E-state index is -0.445. The van der Waals surface area contributed by atoms with Gasteiger partial charge in [0.1, 0.15) is 12.0 Å². The number of para-hydroxylation sites is 1. The van der Waals surface area contributed by atoms with Crippen molar-refractivity contribution in [1.29, 1.82) is 0 Å². The Labute approximate surface area is 121 Å². The Kier molecular flexibility index (Phi) is 4.70. The van der Waals surface area contributed by atoms with Crippen LogP contribution in [0, 0.1) is 10.1 Å². The molecule has 0 saturated carbocycles. The molecule has 8 heteroatoms. The van der Waals surface area contributed by atoms with Crippen LogP contribution in [0.1, 0.15) is 19.2 Å². The Morgan fingerprint density at radius 1 is 1.48 bits per heavy atom. The van der Waals surface area contributed by atoms with Crippen LogP contribution in [0.25, 0.3) is 0 Å². The third-order valence-electron chi connectivity index (χ3n) is 2.73. The number of aryl methyl sites for hydroxylation is 1. The van der Waals surface area contributed by atoms with E-state index in [9.17, 15) is 10.1 Å². The standard InChI is InChI=1S/C13H17N5O3/c1-3-7-21-11-6-4-5-10(13(11)18(19)20)14-8-12-15-9-17(2)16-12/h4-6,9,14H,3,7-8H2,1-2H3. The number of anilines is 1. The number of nitrogens with zero attached hydrogens (tertiary/aromatic N) is 4. The first kappa shape index (κ1) is 14.8. The quantitative estimate of drug-likeness (QED) is 0.620. The van der Waals surface area contributed by atoms with E-state index in [1.54, 1.807) is 36.3 Å². The Morgan fingerprint density at radius 3 is 2.90 bits per heavy atom. The summed E-state index contributed by atoms with van der Waals surface area (Å²) in [5.41, 5.74) is 0.322. The van der Waals surface area contributed by atoms with E-state index in [0.717, 1.165) is 6.42 Å². The van der Waals surface area contributed by atoms with Crippen molar-refractivity contribution in [2.45, 2.75) is 19.9 Å². The monoisotopic (exact) mass is 291 g/mol. The summed E-state index contributed by atoms with van der Waals surface area (Å²) in [5.74, 6) is 0.826. The van der Waals surface area contributed by atoms with Crippen molar-refractivity contribution >= 4 is 11.4 Å². The number of rotatable bonds is 7. The van der Waals surface area contributed by atoms with Crippen LogP contribution in [0.5, 0.6) is 5.75 Å². The van der Waals surface area contributed by atoms with Gasteiger partial charge in [-0.3, -0.25) is 14.8 Å². The smallest absolute Gasteiger partial charge is 0.333 e. The fraction of sp³-hybridized carbons (Fsp3) is 0.385. The number of ether oxygens (including phenoxy) is 1. The van der Waals surface area contributed by atoms with Crippen molar-refractivity contribution in [1.82, 2.24) is 14.8 Å². The maximum absolute atomic E-state index is 11.3. The lowest BCUT2D eigenvalue weighted by Gasteiger charge is -2.09. The van der Waals surface area contributed by atoms with Gasteiger partial charge in [0.25, 0.3) is 0 Å². The summed E-state index contributed by atoms with van der Waals surface area (Å²) >= 11 is 0. The molecule has 21 heavy (non-hydrogen) atoms. The van der Waals surface area contributed by atoms with Crippen molar-refractivity contribution < 1.29 is 9.66 Å². The van der Waals surface area contributed by atoms with E-state index in [4.69, 9.17) is 4.74 Å². The molecule has 0 unspecified atom stereocenters. The number of nitrogens with one attached hydrogen (secondary N) is 1. The van der Waals surface area contributed by atoms with Crippen LogP contribution in [0.2, 0.25) is 0 Å². The van der Waals surface area contributed by atoms with E-state index >= 15 is 0 Å². The van der Waals surface area contributed by atoms with Gasteiger partial charge in [0, 0.05) is 7.05 Å². The summed E-state index contributed by atoms with van der Waals surface area (Å²) in [6, 6.07) is 4.95. The molecule has 1 aromatic carbocycles. The number of nitro benzene ring substituents is 1. The van der Waals surface area contributed by atoms with Crippen molar-refractivity contribution in [3.63, 3.8) is 0 Å². The Balaban J connectivity index is 2.19. The predicted octanol–water partition coefficient (Wildman–Crippen LogP) is 2.12. The van der Waals surface area contributed by atoms with Crippen LogP contribution in [0.3, 0.4) is 0 Å². The zero-order valence-electron chi connectivity index (χ0n) is 11.9. The van der Waals surface area contributed by atoms with Crippen molar-refractivity contribution in [2.75, 3.05) is 11.9 Å². The molecule has 0 bridgehead atoms. The number of aromatic nitrogens is 3. The van der Waals surface area contributed by atoms with Crippen molar-refractivity contribution in [2.24, 2.45) is 7.05 Å². The molecule has 0 fully saturated rings. The second-order valence-corrected chi connectivity index (χ2v) is 4.45. The molecule has 1 N–H and O–H groups in total. The third kappa shape index (κ3) is 3.68. The van der Waals surface area contributed by atoms with E-state index < -0.39 is 4.92 Å². The summed E-state index contributed by atoms with van der Waals surface area (Å²) in [7, 11) is 1.76. The topological polar surface area (TPSA) is 95.1 Å². The lowest BCUT2D eigenvalue weighted by molar-refractivity contribution is -0.385. The highest BCUT2D eigenvalue weighted by atomic mass is 16.6. The van der Waals surface area contributed by atoms with Gasteiger partial charge in [0.15, 0.2) is 11.6 Å². The van der Waals surface area contributed by atoms with Crippen LogP contribution < -0.4 is 10.1 Å². The van der Waals surface area contributed by atoms with E-state index in [1.165, 1.54) is 0 Å². The molecule has 0 spiro atoms. The molecule has 0 aliphatic carbocycles. The molecular formula is C13H17N5O3. The molecule has 0 atom stereocenters. The van der Waals surface area contributed by atoms with Gasteiger partial charge in [-0.05, 0) is 18.6 Å². The molecule has 0 aliphatic rings. The molecule has 1 heterocycles. The average Bonchev–Trinajstić information content (AvgIpc) is 2.88.